The van der Waals surface area contributed by atoms with Gasteiger partial charge in [0.15, 0.2) is 0 Å². The fourth-order valence-corrected chi connectivity index (χ4v) is 1.26. The molecule has 2 atom stereocenters. The lowest BCUT2D eigenvalue weighted by atomic mass is 10.1. The first-order valence-corrected chi connectivity index (χ1v) is 4.64. The van der Waals surface area contributed by atoms with E-state index in [4.69, 9.17) is 0 Å². The van der Waals surface area contributed by atoms with Gasteiger partial charge in [0.25, 0.3) is 0 Å². The van der Waals surface area contributed by atoms with Gasteiger partial charge >= 0.3 is 0 Å². The fourth-order valence-electron chi connectivity index (χ4n) is 0.687. The zero-order chi connectivity index (χ0) is 7.28. The van der Waals surface area contributed by atoms with E-state index in [0.29, 0.717) is 0 Å². The zero-order valence-electron chi connectivity index (χ0n) is 6.55. The minimum absolute atomic E-state index is 0.767. The first-order valence-electron chi connectivity index (χ1n) is 3.36. The predicted molar refractivity (Wildman–Crippen MR) is 47.0 cm³/mol. The smallest absolute Gasteiger partial charge is 0.00445 e. The molecule has 0 spiro atoms. The Kier molecular flexibility index (Phi) is 4.97. The minimum Gasteiger partial charge on any atom is -0.162 e. The van der Waals surface area contributed by atoms with Crippen molar-refractivity contribution in [3.63, 3.8) is 0 Å². The van der Waals surface area contributed by atoms with Crippen molar-refractivity contribution in [3.8, 4) is 0 Å². The van der Waals surface area contributed by atoms with Crippen LogP contribution in [0, 0.1) is 5.92 Å². The summed E-state index contributed by atoms with van der Waals surface area (Å²) in [6.07, 6.45) is 5.30. The molecule has 0 heterocycles. The third kappa shape index (κ3) is 3.63. The van der Waals surface area contributed by atoms with Gasteiger partial charge in [-0.15, -0.1) is 6.58 Å². The van der Waals surface area contributed by atoms with Crippen LogP contribution in [-0.4, -0.2) is 11.5 Å². The maximum absolute atomic E-state index is 3.71. The van der Waals surface area contributed by atoms with Gasteiger partial charge in [0.1, 0.15) is 0 Å². The Balaban J connectivity index is 3.44. The van der Waals surface area contributed by atoms with Crippen molar-refractivity contribution in [3.05, 3.63) is 12.7 Å². The van der Waals surface area contributed by atoms with Crippen LogP contribution in [0.5, 0.6) is 0 Å². The molecular weight excluding hydrogens is 128 g/mol. The molecule has 9 heavy (non-hydrogen) atoms. The lowest BCUT2D eigenvalue weighted by Crippen LogP contribution is -2.07. The Morgan fingerprint density at radius 3 is 2.44 bits per heavy atom. The molecule has 0 aliphatic heterocycles. The Morgan fingerprint density at radius 2 is 2.11 bits per heavy atom. The highest BCUT2D eigenvalue weighted by atomic mass is 32.2. The summed E-state index contributed by atoms with van der Waals surface area (Å²) in [4.78, 5) is 0. The van der Waals surface area contributed by atoms with Gasteiger partial charge in [-0.2, -0.15) is 11.8 Å². The number of hydrogen-bond donors (Lipinski definition) is 0. The predicted octanol–water partition coefficient (Wildman–Crippen LogP) is 2.95. The quantitative estimate of drug-likeness (QED) is 0.547. The number of thioether (sulfide) groups is 1. The fraction of sp³-hybridized carbons (Fsp3) is 0.750. The molecule has 0 fully saturated rings. The van der Waals surface area contributed by atoms with Crippen LogP contribution in [-0.2, 0) is 0 Å². The Hall–Kier alpha value is 0.0900. The van der Waals surface area contributed by atoms with Crippen molar-refractivity contribution in [2.45, 2.75) is 25.5 Å². The zero-order valence-corrected chi connectivity index (χ0v) is 7.37. The molecule has 0 radical (unpaired) electrons. The van der Waals surface area contributed by atoms with E-state index >= 15 is 0 Å². The van der Waals surface area contributed by atoms with Crippen molar-refractivity contribution in [1.82, 2.24) is 0 Å². The van der Waals surface area contributed by atoms with Crippen LogP contribution < -0.4 is 0 Å². The second-order valence-corrected chi connectivity index (χ2v) is 3.66. The summed E-state index contributed by atoms with van der Waals surface area (Å²) in [6, 6.07) is 0. The van der Waals surface area contributed by atoms with Gasteiger partial charge in [-0.05, 0) is 18.6 Å². The Labute approximate surface area is 62.7 Å². The molecule has 0 N–H and O–H groups in total. The van der Waals surface area contributed by atoms with E-state index < -0.39 is 0 Å². The molecule has 0 rings (SSSR count). The normalized spacial score (nSPS) is 16.8. The van der Waals surface area contributed by atoms with Gasteiger partial charge < -0.3 is 0 Å². The lowest BCUT2D eigenvalue weighted by Gasteiger charge is -2.14. The summed E-state index contributed by atoms with van der Waals surface area (Å²) in [5, 5.41) is 0.767. The van der Waals surface area contributed by atoms with E-state index in [1.54, 1.807) is 0 Å². The van der Waals surface area contributed by atoms with E-state index in [1.807, 2.05) is 17.8 Å². The van der Waals surface area contributed by atoms with Crippen LogP contribution in [0.3, 0.4) is 0 Å². The Morgan fingerprint density at radius 1 is 1.56 bits per heavy atom. The first kappa shape index (κ1) is 9.09. The van der Waals surface area contributed by atoms with Gasteiger partial charge in [0.05, 0.1) is 0 Å². The summed E-state index contributed by atoms with van der Waals surface area (Å²) < 4.78 is 0. The monoisotopic (exact) mass is 144 g/mol. The van der Waals surface area contributed by atoms with E-state index in [0.717, 1.165) is 17.6 Å². The van der Waals surface area contributed by atoms with Gasteiger partial charge in [-0.25, -0.2) is 0 Å². The number of allylic oxidation sites excluding steroid dienone is 1. The third-order valence-electron chi connectivity index (χ3n) is 1.71. The second kappa shape index (κ2) is 4.92. The van der Waals surface area contributed by atoms with Crippen molar-refractivity contribution in [1.29, 1.82) is 0 Å². The van der Waals surface area contributed by atoms with E-state index in [-0.39, 0.29) is 0 Å². The molecule has 0 aliphatic rings. The summed E-state index contributed by atoms with van der Waals surface area (Å²) in [5.41, 5.74) is 0. The van der Waals surface area contributed by atoms with E-state index in [2.05, 4.69) is 26.7 Å². The molecule has 0 bridgehead atoms. The minimum atomic E-state index is 0.767. The summed E-state index contributed by atoms with van der Waals surface area (Å²) in [5.74, 6) is 0.775. The number of hydrogen-bond acceptors (Lipinski definition) is 1. The number of rotatable bonds is 4. The van der Waals surface area contributed by atoms with Crippen LogP contribution in [0.4, 0.5) is 0 Å². The molecule has 0 saturated heterocycles. The average molecular weight is 144 g/mol. The molecule has 0 aromatic carbocycles. The molecule has 0 amide bonds. The summed E-state index contributed by atoms with van der Waals surface area (Å²) >= 11 is 1.93. The summed E-state index contributed by atoms with van der Waals surface area (Å²) in [7, 11) is 0. The maximum atomic E-state index is 3.71. The lowest BCUT2D eigenvalue weighted by molar-refractivity contribution is 0.588. The van der Waals surface area contributed by atoms with Gasteiger partial charge in [-0.1, -0.05) is 19.9 Å². The van der Waals surface area contributed by atoms with Crippen molar-refractivity contribution in [2.75, 3.05) is 6.26 Å². The topological polar surface area (TPSA) is 0 Å². The maximum Gasteiger partial charge on any atom is 0.00445 e. The molecule has 0 nitrogen and oxygen atoms in total. The molecule has 0 aliphatic carbocycles. The highest BCUT2D eigenvalue weighted by Crippen LogP contribution is 2.18. The van der Waals surface area contributed by atoms with Gasteiger partial charge in [0.2, 0.25) is 0 Å². The molecule has 2 unspecified atom stereocenters. The second-order valence-electron chi connectivity index (χ2n) is 2.44. The van der Waals surface area contributed by atoms with Crippen LogP contribution in [0.2, 0.25) is 0 Å². The molecule has 1 heteroatoms. The van der Waals surface area contributed by atoms with E-state index in [1.165, 1.54) is 0 Å². The Bertz CT molecular complexity index is 78.6. The highest BCUT2D eigenvalue weighted by Gasteiger charge is 2.07. The van der Waals surface area contributed by atoms with Crippen LogP contribution in [0.25, 0.3) is 0 Å². The van der Waals surface area contributed by atoms with Crippen LogP contribution in [0.15, 0.2) is 12.7 Å². The average Bonchev–Trinajstić information content (AvgIpc) is 1.87. The van der Waals surface area contributed by atoms with Crippen molar-refractivity contribution in [2.24, 2.45) is 5.92 Å². The molecular formula is C8H16S. The van der Waals surface area contributed by atoms with Crippen LogP contribution >= 0.6 is 11.8 Å². The molecule has 0 saturated carbocycles. The van der Waals surface area contributed by atoms with Gasteiger partial charge in [0, 0.05) is 5.25 Å². The molecule has 0 aromatic rings. The molecule has 0 aromatic heterocycles. The summed E-state index contributed by atoms with van der Waals surface area (Å²) in [6.45, 7) is 8.24. The third-order valence-corrected chi connectivity index (χ3v) is 2.92. The highest BCUT2D eigenvalue weighted by molar-refractivity contribution is 7.99. The van der Waals surface area contributed by atoms with Crippen LogP contribution in [0.1, 0.15) is 20.3 Å². The SMILES string of the molecule is C=CCC(C)C(C)SC. The molecule has 54 valence electrons. The first-order chi connectivity index (χ1) is 4.22. The van der Waals surface area contributed by atoms with E-state index in [9.17, 15) is 0 Å². The van der Waals surface area contributed by atoms with Crippen molar-refractivity contribution >= 4 is 11.8 Å². The largest absolute Gasteiger partial charge is 0.162 e. The van der Waals surface area contributed by atoms with Crippen molar-refractivity contribution < 1.29 is 0 Å². The van der Waals surface area contributed by atoms with Gasteiger partial charge in [-0.3, -0.25) is 0 Å². The standard InChI is InChI=1S/C8H16S/c1-5-6-7(2)8(3)9-4/h5,7-8H,1,6H2,2-4H3.